The van der Waals surface area contributed by atoms with E-state index in [0.717, 1.165) is 13.0 Å². The Bertz CT molecular complexity index is 328. The van der Waals surface area contributed by atoms with Crippen LogP contribution in [0.1, 0.15) is 40.0 Å². The Morgan fingerprint density at radius 1 is 1.50 bits per heavy atom. The van der Waals surface area contributed by atoms with Gasteiger partial charge in [0.1, 0.15) is 0 Å². The number of carbonyl (C=O) groups excluding carboxylic acids is 1. The van der Waals surface area contributed by atoms with Crippen LogP contribution in [0.15, 0.2) is 0 Å². The maximum Gasteiger partial charge on any atom is 0.303 e. The Kier molecular flexibility index (Phi) is 4.73. The molecule has 0 aromatic carbocycles. The molecule has 1 aliphatic heterocycles. The molecule has 18 heavy (non-hydrogen) atoms. The van der Waals surface area contributed by atoms with E-state index in [2.05, 4.69) is 13.8 Å². The first kappa shape index (κ1) is 15.0. The largest absolute Gasteiger partial charge is 0.481 e. The Morgan fingerprint density at radius 2 is 2.11 bits per heavy atom. The first-order valence-corrected chi connectivity index (χ1v) is 6.53. The van der Waals surface area contributed by atoms with Crippen LogP contribution in [-0.2, 0) is 9.59 Å². The predicted octanol–water partition coefficient (Wildman–Crippen LogP) is 1.18. The van der Waals surface area contributed by atoms with Gasteiger partial charge in [-0.05, 0) is 40.7 Å². The van der Waals surface area contributed by atoms with Crippen molar-refractivity contribution < 1.29 is 14.7 Å². The molecule has 1 aliphatic rings. The minimum Gasteiger partial charge on any atom is -0.481 e. The highest BCUT2D eigenvalue weighted by molar-refractivity contribution is 5.83. The Balaban J connectivity index is 2.88. The first-order valence-electron chi connectivity index (χ1n) is 6.53. The van der Waals surface area contributed by atoms with Crippen molar-refractivity contribution in [2.45, 2.75) is 51.6 Å². The molecule has 1 amide bonds. The van der Waals surface area contributed by atoms with Crippen LogP contribution < -0.4 is 0 Å². The lowest BCUT2D eigenvalue weighted by Gasteiger charge is -2.37. The average molecular weight is 256 g/mol. The summed E-state index contributed by atoms with van der Waals surface area (Å²) in [6.45, 7) is 7.60. The molecule has 0 aliphatic carbocycles. The Labute approximate surface area is 109 Å². The molecule has 1 heterocycles. The molecule has 0 aromatic heterocycles. The van der Waals surface area contributed by atoms with Crippen LogP contribution in [0.3, 0.4) is 0 Å². The van der Waals surface area contributed by atoms with Crippen LogP contribution >= 0.6 is 0 Å². The number of carbonyl (C=O) groups is 2. The maximum absolute atomic E-state index is 12.5. The summed E-state index contributed by atoms with van der Waals surface area (Å²) in [5, 5.41) is 8.77. The fraction of sp³-hybridized carbons (Fsp3) is 0.846. The average Bonchev–Trinajstić information content (AvgIpc) is 2.33. The molecule has 1 fully saturated rings. The number of hydrogen-bond donors (Lipinski definition) is 1. The second-order valence-electron chi connectivity index (χ2n) is 5.57. The minimum atomic E-state index is -0.845. The van der Waals surface area contributed by atoms with Crippen LogP contribution in [0.2, 0.25) is 0 Å². The lowest BCUT2D eigenvalue weighted by molar-refractivity contribution is -0.140. The second kappa shape index (κ2) is 5.69. The monoisotopic (exact) mass is 256 g/mol. The van der Waals surface area contributed by atoms with Gasteiger partial charge in [0.2, 0.25) is 5.91 Å². The summed E-state index contributed by atoms with van der Waals surface area (Å²) >= 11 is 0. The summed E-state index contributed by atoms with van der Waals surface area (Å²) in [6, 6.07) is -0.303. The lowest BCUT2D eigenvalue weighted by Crippen LogP contribution is -2.51. The lowest BCUT2D eigenvalue weighted by atomic mass is 9.98. The van der Waals surface area contributed by atoms with Gasteiger partial charge in [-0.3, -0.25) is 14.5 Å². The number of likely N-dealkylation sites (N-methyl/N-ethyl adjacent to an activating group) is 2. The molecule has 5 nitrogen and oxygen atoms in total. The second-order valence-corrected chi connectivity index (χ2v) is 5.57. The summed E-state index contributed by atoms with van der Waals surface area (Å²) in [7, 11) is 1.90. The van der Waals surface area contributed by atoms with Crippen LogP contribution in [-0.4, -0.2) is 58.5 Å². The zero-order valence-corrected chi connectivity index (χ0v) is 11.8. The number of hydrogen-bond acceptors (Lipinski definition) is 3. The molecule has 1 saturated heterocycles. The smallest absolute Gasteiger partial charge is 0.303 e. The maximum atomic E-state index is 12.5. The quantitative estimate of drug-likeness (QED) is 0.820. The van der Waals surface area contributed by atoms with Gasteiger partial charge in [-0.2, -0.15) is 0 Å². The third-order valence-corrected chi connectivity index (χ3v) is 3.84. The van der Waals surface area contributed by atoms with Crippen LogP contribution in [0.5, 0.6) is 0 Å². The normalized spacial score (nSPS) is 25.0. The van der Waals surface area contributed by atoms with Gasteiger partial charge in [-0.1, -0.05) is 0 Å². The number of amides is 1. The van der Waals surface area contributed by atoms with Crippen molar-refractivity contribution in [2.24, 2.45) is 0 Å². The fourth-order valence-corrected chi connectivity index (χ4v) is 2.60. The summed E-state index contributed by atoms with van der Waals surface area (Å²) in [5.74, 6) is -0.786. The van der Waals surface area contributed by atoms with Gasteiger partial charge in [0.15, 0.2) is 0 Å². The molecule has 0 aromatic rings. The molecule has 5 heteroatoms. The van der Waals surface area contributed by atoms with E-state index < -0.39 is 5.97 Å². The molecule has 1 N–H and O–H groups in total. The summed E-state index contributed by atoms with van der Waals surface area (Å²) < 4.78 is 0. The van der Waals surface area contributed by atoms with E-state index in [1.165, 1.54) is 0 Å². The number of rotatable bonds is 4. The number of aliphatic carboxylic acids is 1. The van der Waals surface area contributed by atoms with Crippen molar-refractivity contribution in [3.63, 3.8) is 0 Å². The molecule has 0 saturated carbocycles. The highest BCUT2D eigenvalue weighted by Crippen LogP contribution is 2.26. The standard InChI is InChI=1S/C13H24N2O3/c1-5-15-12(18)10(6-7-11(16)17)14(4)9-8-13(15,2)3/h10H,5-9H2,1-4H3,(H,16,17). The van der Waals surface area contributed by atoms with Crippen molar-refractivity contribution in [3.05, 3.63) is 0 Å². The van der Waals surface area contributed by atoms with Gasteiger partial charge in [-0.15, -0.1) is 0 Å². The van der Waals surface area contributed by atoms with Gasteiger partial charge >= 0.3 is 5.97 Å². The van der Waals surface area contributed by atoms with E-state index in [4.69, 9.17) is 5.11 Å². The van der Waals surface area contributed by atoms with Gasteiger partial charge < -0.3 is 10.0 Å². The van der Waals surface area contributed by atoms with Crippen LogP contribution in [0.25, 0.3) is 0 Å². The van der Waals surface area contributed by atoms with E-state index in [1.807, 2.05) is 23.8 Å². The molecule has 0 spiro atoms. The number of nitrogens with zero attached hydrogens (tertiary/aromatic N) is 2. The zero-order chi connectivity index (χ0) is 13.9. The topological polar surface area (TPSA) is 60.9 Å². The molecular weight excluding hydrogens is 232 g/mol. The highest BCUT2D eigenvalue weighted by atomic mass is 16.4. The summed E-state index contributed by atoms with van der Waals surface area (Å²) in [6.07, 6.45) is 1.34. The van der Waals surface area contributed by atoms with Gasteiger partial charge in [0, 0.05) is 25.0 Å². The molecule has 1 unspecified atom stereocenters. The number of carboxylic acids is 1. The van der Waals surface area contributed by atoms with E-state index in [9.17, 15) is 9.59 Å². The molecule has 1 atom stereocenters. The van der Waals surface area contributed by atoms with Gasteiger partial charge in [0.05, 0.1) is 6.04 Å². The first-order chi connectivity index (χ1) is 8.29. The van der Waals surface area contributed by atoms with Crippen LogP contribution in [0.4, 0.5) is 0 Å². The van der Waals surface area contributed by atoms with Crippen molar-refractivity contribution in [1.29, 1.82) is 0 Å². The van der Waals surface area contributed by atoms with E-state index in [1.54, 1.807) is 0 Å². The van der Waals surface area contributed by atoms with E-state index in [0.29, 0.717) is 13.0 Å². The van der Waals surface area contributed by atoms with Crippen molar-refractivity contribution in [1.82, 2.24) is 9.80 Å². The minimum absolute atomic E-state index is 0.0404. The number of carboxylic acid groups (broad SMARTS) is 1. The third kappa shape index (κ3) is 3.22. The summed E-state index contributed by atoms with van der Waals surface area (Å²) in [5.41, 5.74) is -0.155. The molecular formula is C13H24N2O3. The van der Waals surface area contributed by atoms with E-state index >= 15 is 0 Å². The van der Waals surface area contributed by atoms with E-state index in [-0.39, 0.29) is 23.9 Å². The molecule has 0 bridgehead atoms. The predicted molar refractivity (Wildman–Crippen MR) is 69.4 cm³/mol. The summed E-state index contributed by atoms with van der Waals surface area (Å²) in [4.78, 5) is 27.0. The Morgan fingerprint density at radius 3 is 2.61 bits per heavy atom. The van der Waals surface area contributed by atoms with Gasteiger partial charge in [-0.25, -0.2) is 0 Å². The SMILES string of the molecule is CCN1C(=O)C(CCC(=O)O)N(C)CCC1(C)C. The molecule has 104 valence electrons. The molecule has 1 rings (SSSR count). The Hall–Kier alpha value is -1.10. The van der Waals surface area contributed by atoms with Crippen molar-refractivity contribution >= 4 is 11.9 Å². The van der Waals surface area contributed by atoms with Crippen LogP contribution in [0, 0.1) is 0 Å². The van der Waals surface area contributed by atoms with Crippen molar-refractivity contribution in [3.8, 4) is 0 Å². The molecule has 0 radical (unpaired) electrons. The zero-order valence-electron chi connectivity index (χ0n) is 11.8. The highest BCUT2D eigenvalue weighted by Gasteiger charge is 2.38. The fourth-order valence-electron chi connectivity index (χ4n) is 2.60. The third-order valence-electron chi connectivity index (χ3n) is 3.84. The van der Waals surface area contributed by atoms with Gasteiger partial charge in [0.25, 0.3) is 0 Å². The van der Waals surface area contributed by atoms with Crippen molar-refractivity contribution in [2.75, 3.05) is 20.1 Å².